The van der Waals surface area contributed by atoms with Crippen molar-refractivity contribution >= 4 is 22.2 Å². The van der Waals surface area contributed by atoms with Crippen LogP contribution in [0, 0.1) is 0 Å². The van der Waals surface area contributed by atoms with Crippen LogP contribution in [0.15, 0.2) is 29.6 Å². The van der Waals surface area contributed by atoms with Crippen LogP contribution < -0.4 is 10.5 Å². The van der Waals surface area contributed by atoms with Gasteiger partial charge in [0, 0.05) is 25.0 Å². The molecule has 2 aromatic rings. The van der Waals surface area contributed by atoms with E-state index in [-0.39, 0.29) is 5.91 Å². The van der Waals surface area contributed by atoms with Gasteiger partial charge in [-0.25, -0.2) is 0 Å². The molecule has 0 bridgehead atoms. The quantitative estimate of drug-likeness (QED) is 0.937. The van der Waals surface area contributed by atoms with Gasteiger partial charge in [0.25, 0.3) is 5.91 Å². The third kappa shape index (κ3) is 2.56. The van der Waals surface area contributed by atoms with Crippen molar-refractivity contribution in [3.05, 3.63) is 35.2 Å². The lowest BCUT2D eigenvalue weighted by Gasteiger charge is -2.12. The van der Waals surface area contributed by atoms with Gasteiger partial charge < -0.3 is 15.4 Å². The van der Waals surface area contributed by atoms with Crippen LogP contribution in [0.4, 0.5) is 5.00 Å². The number of benzene rings is 1. The minimum atomic E-state index is -0.0791. The summed E-state index contributed by atoms with van der Waals surface area (Å²) < 4.78 is 5.13. The molecule has 100 valence electrons. The lowest BCUT2D eigenvalue weighted by Crippen LogP contribution is -2.22. The number of methoxy groups -OCH3 is 1. The van der Waals surface area contributed by atoms with Crippen LogP contribution in [-0.2, 0) is 0 Å². The number of nitrogens with zero attached hydrogens (tertiary/aromatic N) is 1. The Morgan fingerprint density at radius 2 is 1.89 bits per heavy atom. The average molecular weight is 276 g/mol. The number of rotatable bonds is 3. The first-order valence-electron chi connectivity index (χ1n) is 5.77. The van der Waals surface area contributed by atoms with Crippen molar-refractivity contribution < 1.29 is 9.53 Å². The van der Waals surface area contributed by atoms with Crippen molar-refractivity contribution in [3.63, 3.8) is 0 Å². The molecular formula is C14H16N2O2S. The highest BCUT2D eigenvalue weighted by atomic mass is 32.1. The third-order valence-electron chi connectivity index (χ3n) is 2.84. The van der Waals surface area contributed by atoms with Crippen molar-refractivity contribution in [3.8, 4) is 16.9 Å². The zero-order chi connectivity index (χ0) is 14.0. The van der Waals surface area contributed by atoms with Gasteiger partial charge in [-0.15, -0.1) is 11.3 Å². The molecule has 0 saturated heterocycles. The van der Waals surface area contributed by atoms with Gasteiger partial charge in [0.1, 0.15) is 5.75 Å². The summed E-state index contributed by atoms with van der Waals surface area (Å²) in [5.74, 6) is 0.706. The molecule has 0 saturated carbocycles. The predicted molar refractivity (Wildman–Crippen MR) is 78.7 cm³/mol. The molecular weight excluding hydrogens is 260 g/mol. The van der Waals surface area contributed by atoms with Crippen molar-refractivity contribution in [2.24, 2.45) is 0 Å². The molecule has 2 rings (SSSR count). The first-order chi connectivity index (χ1) is 9.04. The summed E-state index contributed by atoms with van der Waals surface area (Å²) in [6.07, 6.45) is 0. The lowest BCUT2D eigenvalue weighted by molar-refractivity contribution is 0.0830. The molecule has 1 heterocycles. The van der Waals surface area contributed by atoms with Crippen molar-refractivity contribution in [2.75, 3.05) is 26.9 Å². The molecule has 0 spiro atoms. The number of carbonyl (C=O) groups excluding carboxylic acids is 1. The summed E-state index contributed by atoms with van der Waals surface area (Å²) in [5, 5.41) is 2.46. The molecule has 1 aromatic heterocycles. The number of nitrogen functional groups attached to an aromatic ring is 1. The molecule has 0 fully saturated rings. The van der Waals surface area contributed by atoms with Crippen molar-refractivity contribution in [1.82, 2.24) is 4.90 Å². The fraction of sp³-hybridized carbons (Fsp3) is 0.214. The molecule has 1 amide bonds. The van der Waals surface area contributed by atoms with Crippen LogP contribution in [-0.4, -0.2) is 32.0 Å². The molecule has 0 radical (unpaired) electrons. The highest BCUT2D eigenvalue weighted by Gasteiger charge is 2.19. The van der Waals surface area contributed by atoms with Crippen LogP contribution >= 0.6 is 11.3 Å². The zero-order valence-corrected chi connectivity index (χ0v) is 12.0. The van der Waals surface area contributed by atoms with E-state index in [2.05, 4.69) is 0 Å². The molecule has 0 aliphatic carbocycles. The normalized spacial score (nSPS) is 10.3. The van der Waals surface area contributed by atoms with Gasteiger partial charge >= 0.3 is 0 Å². The van der Waals surface area contributed by atoms with E-state index in [0.29, 0.717) is 10.6 Å². The lowest BCUT2D eigenvalue weighted by atomic mass is 10.0. The van der Waals surface area contributed by atoms with E-state index in [0.717, 1.165) is 16.9 Å². The Hall–Kier alpha value is -2.01. The van der Waals surface area contributed by atoms with Crippen LogP contribution in [0.5, 0.6) is 5.75 Å². The molecule has 5 heteroatoms. The summed E-state index contributed by atoms with van der Waals surface area (Å²) in [6.45, 7) is 0. The summed E-state index contributed by atoms with van der Waals surface area (Å²) in [5.41, 5.74) is 8.31. The Morgan fingerprint density at radius 1 is 1.26 bits per heavy atom. The number of hydrogen-bond donors (Lipinski definition) is 1. The average Bonchev–Trinajstić information content (AvgIpc) is 2.79. The molecule has 1 aromatic carbocycles. The monoisotopic (exact) mass is 276 g/mol. The second kappa shape index (κ2) is 5.32. The minimum Gasteiger partial charge on any atom is -0.497 e. The van der Waals surface area contributed by atoms with E-state index < -0.39 is 0 Å². The second-order valence-corrected chi connectivity index (χ2v) is 5.23. The smallest absolute Gasteiger partial charge is 0.256 e. The van der Waals surface area contributed by atoms with Gasteiger partial charge in [-0.2, -0.15) is 0 Å². The van der Waals surface area contributed by atoms with Crippen LogP contribution in [0.2, 0.25) is 0 Å². The summed E-state index contributed by atoms with van der Waals surface area (Å²) in [4.78, 5) is 13.7. The molecule has 19 heavy (non-hydrogen) atoms. The summed E-state index contributed by atoms with van der Waals surface area (Å²) >= 11 is 1.38. The highest BCUT2D eigenvalue weighted by molar-refractivity contribution is 7.15. The first-order valence-corrected chi connectivity index (χ1v) is 6.65. The van der Waals surface area contributed by atoms with Crippen LogP contribution in [0.25, 0.3) is 11.1 Å². The Labute approximate surface area is 116 Å². The van der Waals surface area contributed by atoms with Crippen LogP contribution in [0.3, 0.4) is 0 Å². The SMILES string of the molecule is COc1ccc(-c2csc(N)c2C(=O)N(C)C)cc1. The number of carbonyl (C=O) groups is 1. The molecule has 0 unspecified atom stereocenters. The Morgan fingerprint density at radius 3 is 2.42 bits per heavy atom. The molecule has 2 N–H and O–H groups in total. The Bertz CT molecular complexity index is 588. The number of nitrogens with two attached hydrogens (primary N) is 1. The van der Waals surface area contributed by atoms with Crippen molar-refractivity contribution in [1.29, 1.82) is 0 Å². The van der Waals surface area contributed by atoms with E-state index in [1.807, 2.05) is 29.6 Å². The van der Waals surface area contributed by atoms with E-state index >= 15 is 0 Å². The molecule has 0 atom stereocenters. The number of thiophene rings is 1. The Kier molecular flexibility index (Phi) is 3.76. The highest BCUT2D eigenvalue weighted by Crippen LogP contribution is 2.34. The molecule has 4 nitrogen and oxygen atoms in total. The fourth-order valence-electron chi connectivity index (χ4n) is 1.80. The summed E-state index contributed by atoms with van der Waals surface area (Å²) in [7, 11) is 5.06. The van der Waals surface area contributed by atoms with Crippen LogP contribution in [0.1, 0.15) is 10.4 Å². The number of amides is 1. The standard InChI is InChI=1S/C14H16N2O2S/c1-16(2)14(17)12-11(8-19-13(12)15)9-4-6-10(18-3)7-5-9/h4-8H,15H2,1-3H3. The molecule has 0 aliphatic rings. The van der Waals surface area contributed by atoms with Gasteiger partial charge in [0.05, 0.1) is 17.7 Å². The zero-order valence-electron chi connectivity index (χ0n) is 11.1. The van der Waals surface area contributed by atoms with Gasteiger partial charge in [0.15, 0.2) is 0 Å². The predicted octanol–water partition coefficient (Wildman–Crippen LogP) is 2.71. The third-order valence-corrected chi connectivity index (χ3v) is 3.65. The number of ether oxygens (including phenoxy) is 1. The fourth-order valence-corrected chi connectivity index (χ4v) is 2.61. The number of hydrogen-bond acceptors (Lipinski definition) is 4. The minimum absolute atomic E-state index is 0.0791. The van der Waals surface area contributed by atoms with Crippen molar-refractivity contribution in [2.45, 2.75) is 0 Å². The maximum Gasteiger partial charge on any atom is 0.256 e. The number of anilines is 1. The van der Waals surface area contributed by atoms with E-state index in [1.165, 1.54) is 16.2 Å². The van der Waals surface area contributed by atoms with E-state index in [4.69, 9.17) is 10.5 Å². The first kappa shape index (κ1) is 13.4. The van der Waals surface area contributed by atoms with E-state index in [1.54, 1.807) is 21.2 Å². The van der Waals surface area contributed by atoms with Gasteiger partial charge in [-0.1, -0.05) is 12.1 Å². The Balaban J connectivity index is 2.47. The second-order valence-electron chi connectivity index (χ2n) is 4.32. The maximum atomic E-state index is 12.2. The topological polar surface area (TPSA) is 55.6 Å². The van der Waals surface area contributed by atoms with Gasteiger partial charge in [-0.05, 0) is 17.7 Å². The summed E-state index contributed by atoms with van der Waals surface area (Å²) in [6, 6.07) is 7.58. The largest absolute Gasteiger partial charge is 0.497 e. The maximum absolute atomic E-state index is 12.2. The van der Waals surface area contributed by atoms with Gasteiger partial charge in [-0.3, -0.25) is 4.79 Å². The van der Waals surface area contributed by atoms with E-state index in [9.17, 15) is 4.79 Å². The van der Waals surface area contributed by atoms with Gasteiger partial charge in [0.2, 0.25) is 0 Å². The molecule has 0 aliphatic heterocycles.